The van der Waals surface area contributed by atoms with Crippen LogP contribution in [0.25, 0.3) is 0 Å². The molecular weight excluding hydrogens is 346 g/mol. The summed E-state index contributed by atoms with van der Waals surface area (Å²) in [6, 6.07) is 9.01. The number of carbonyl (C=O) groups is 3. The average Bonchev–Trinajstić information content (AvgIpc) is 2.68. The van der Waals surface area contributed by atoms with Crippen molar-refractivity contribution in [2.75, 3.05) is 26.2 Å². The van der Waals surface area contributed by atoms with Gasteiger partial charge >= 0.3 is 0 Å². The highest BCUT2D eigenvalue weighted by molar-refractivity contribution is 5.86. The Morgan fingerprint density at radius 1 is 1.22 bits per heavy atom. The third-order valence-electron chi connectivity index (χ3n) is 5.27. The van der Waals surface area contributed by atoms with Crippen molar-refractivity contribution < 1.29 is 19.1 Å². The third kappa shape index (κ3) is 5.07. The van der Waals surface area contributed by atoms with Crippen LogP contribution in [0.5, 0.6) is 0 Å². The predicted molar refractivity (Wildman–Crippen MR) is 99.7 cm³/mol. The predicted octanol–water partition coefficient (Wildman–Crippen LogP) is 1.01. The Kier molecular flexibility index (Phi) is 6.45. The molecule has 1 aromatic rings. The van der Waals surface area contributed by atoms with Crippen molar-refractivity contribution in [2.45, 2.75) is 38.3 Å². The average molecular weight is 373 g/mol. The quantitative estimate of drug-likeness (QED) is 0.806. The van der Waals surface area contributed by atoms with Crippen molar-refractivity contribution >= 4 is 17.7 Å². The van der Waals surface area contributed by atoms with Crippen molar-refractivity contribution in [3.63, 3.8) is 0 Å². The van der Waals surface area contributed by atoms with Gasteiger partial charge in [-0.25, -0.2) is 0 Å². The summed E-state index contributed by atoms with van der Waals surface area (Å²) in [4.78, 5) is 37.6. The summed E-state index contributed by atoms with van der Waals surface area (Å²) in [6.45, 7) is 3.47. The molecule has 2 saturated heterocycles. The first-order valence-electron chi connectivity index (χ1n) is 9.53. The lowest BCUT2D eigenvalue weighted by molar-refractivity contribution is -0.156. The number of amides is 3. The van der Waals surface area contributed by atoms with E-state index in [2.05, 4.69) is 10.6 Å². The molecule has 1 aromatic carbocycles. The number of hydrogen-bond acceptors (Lipinski definition) is 4. The van der Waals surface area contributed by atoms with Crippen molar-refractivity contribution in [3.05, 3.63) is 35.9 Å². The van der Waals surface area contributed by atoms with Crippen LogP contribution < -0.4 is 10.6 Å². The van der Waals surface area contributed by atoms with Gasteiger partial charge in [0.1, 0.15) is 6.61 Å². The SMILES string of the molecule is CC(=O)NCCC1CCN(C(=O)C2OCC(=O)NC2c2ccccc2)CC1. The Morgan fingerprint density at radius 2 is 1.93 bits per heavy atom. The van der Waals surface area contributed by atoms with Gasteiger partial charge in [0.2, 0.25) is 11.8 Å². The Bertz CT molecular complexity index is 671. The standard InChI is InChI=1S/C20H27N3O4/c1-14(24)21-10-7-15-8-11-23(12-9-15)20(26)19-18(22-17(25)13-27-19)16-5-3-2-4-6-16/h2-6,15,18-19H,7-13H2,1H3,(H,21,24)(H,22,25). The molecule has 2 unspecified atom stereocenters. The maximum absolute atomic E-state index is 13.0. The molecular formula is C20H27N3O4. The number of ether oxygens (including phenoxy) is 1. The second-order valence-corrected chi connectivity index (χ2v) is 7.23. The van der Waals surface area contributed by atoms with Gasteiger partial charge in [-0.1, -0.05) is 30.3 Å². The summed E-state index contributed by atoms with van der Waals surface area (Å²) in [6.07, 6.45) is 2.08. The van der Waals surface area contributed by atoms with Gasteiger partial charge in [-0.05, 0) is 30.7 Å². The van der Waals surface area contributed by atoms with Gasteiger partial charge in [0, 0.05) is 26.6 Å². The number of morpholine rings is 1. The molecule has 2 aliphatic rings. The van der Waals surface area contributed by atoms with Crippen LogP contribution in [0, 0.1) is 5.92 Å². The zero-order valence-corrected chi connectivity index (χ0v) is 15.6. The number of carbonyl (C=O) groups excluding carboxylic acids is 3. The number of nitrogens with zero attached hydrogens (tertiary/aromatic N) is 1. The summed E-state index contributed by atoms with van der Waals surface area (Å²) < 4.78 is 5.64. The molecule has 0 spiro atoms. The molecule has 0 radical (unpaired) electrons. The van der Waals surface area contributed by atoms with E-state index >= 15 is 0 Å². The molecule has 0 bridgehead atoms. The van der Waals surface area contributed by atoms with Crippen LogP contribution in [-0.4, -0.2) is 55.0 Å². The second-order valence-electron chi connectivity index (χ2n) is 7.23. The van der Waals surface area contributed by atoms with E-state index in [9.17, 15) is 14.4 Å². The molecule has 2 heterocycles. The zero-order chi connectivity index (χ0) is 19.2. The fraction of sp³-hybridized carbons (Fsp3) is 0.550. The molecule has 2 aliphatic heterocycles. The van der Waals surface area contributed by atoms with E-state index in [1.165, 1.54) is 6.92 Å². The number of nitrogens with one attached hydrogen (secondary N) is 2. The van der Waals surface area contributed by atoms with Crippen LogP contribution >= 0.6 is 0 Å². The van der Waals surface area contributed by atoms with E-state index < -0.39 is 12.1 Å². The number of likely N-dealkylation sites (tertiary alicyclic amines) is 1. The highest BCUT2D eigenvalue weighted by Gasteiger charge is 2.39. The molecule has 0 aliphatic carbocycles. The summed E-state index contributed by atoms with van der Waals surface area (Å²) in [5.74, 6) is 0.234. The second kappa shape index (κ2) is 8.99. The zero-order valence-electron chi connectivity index (χ0n) is 15.6. The first-order valence-corrected chi connectivity index (χ1v) is 9.53. The fourth-order valence-corrected chi connectivity index (χ4v) is 3.76. The molecule has 3 rings (SSSR count). The fourth-order valence-electron chi connectivity index (χ4n) is 3.76. The van der Waals surface area contributed by atoms with Crippen LogP contribution in [0.1, 0.15) is 37.8 Å². The molecule has 0 aromatic heterocycles. The molecule has 146 valence electrons. The van der Waals surface area contributed by atoms with E-state index in [0.717, 1.165) is 24.8 Å². The largest absolute Gasteiger partial charge is 0.356 e. The topological polar surface area (TPSA) is 87.7 Å². The van der Waals surface area contributed by atoms with Crippen molar-refractivity contribution in [3.8, 4) is 0 Å². The Morgan fingerprint density at radius 3 is 2.59 bits per heavy atom. The highest BCUT2D eigenvalue weighted by atomic mass is 16.5. The number of benzene rings is 1. The number of piperidine rings is 1. The summed E-state index contributed by atoms with van der Waals surface area (Å²) in [5.41, 5.74) is 0.870. The molecule has 2 N–H and O–H groups in total. The van der Waals surface area contributed by atoms with E-state index in [-0.39, 0.29) is 24.3 Å². The molecule has 2 fully saturated rings. The van der Waals surface area contributed by atoms with Gasteiger partial charge in [-0.15, -0.1) is 0 Å². The lowest BCUT2D eigenvalue weighted by Gasteiger charge is -2.38. The monoisotopic (exact) mass is 373 g/mol. The van der Waals surface area contributed by atoms with E-state index in [1.54, 1.807) is 0 Å². The van der Waals surface area contributed by atoms with Crippen LogP contribution in [0.4, 0.5) is 0 Å². The molecule has 2 atom stereocenters. The van der Waals surface area contributed by atoms with Crippen LogP contribution in [0.2, 0.25) is 0 Å². The highest BCUT2D eigenvalue weighted by Crippen LogP contribution is 2.26. The lowest BCUT2D eigenvalue weighted by Crippen LogP contribution is -2.54. The number of hydrogen-bond donors (Lipinski definition) is 2. The van der Waals surface area contributed by atoms with Gasteiger partial charge in [0.25, 0.3) is 5.91 Å². The molecule has 7 nitrogen and oxygen atoms in total. The minimum Gasteiger partial charge on any atom is -0.356 e. The first kappa shape index (κ1) is 19.4. The van der Waals surface area contributed by atoms with Gasteiger partial charge in [-0.3, -0.25) is 14.4 Å². The summed E-state index contributed by atoms with van der Waals surface area (Å²) >= 11 is 0. The molecule has 27 heavy (non-hydrogen) atoms. The maximum Gasteiger partial charge on any atom is 0.254 e. The third-order valence-corrected chi connectivity index (χ3v) is 5.27. The van der Waals surface area contributed by atoms with Gasteiger partial charge in [-0.2, -0.15) is 0 Å². The summed E-state index contributed by atoms with van der Waals surface area (Å²) in [5, 5.41) is 5.73. The molecule has 7 heteroatoms. The number of rotatable bonds is 5. The Balaban J connectivity index is 1.58. The van der Waals surface area contributed by atoms with Gasteiger partial charge in [0.05, 0.1) is 6.04 Å². The smallest absolute Gasteiger partial charge is 0.254 e. The van der Waals surface area contributed by atoms with Crippen LogP contribution in [0.3, 0.4) is 0 Å². The van der Waals surface area contributed by atoms with Crippen molar-refractivity contribution in [1.82, 2.24) is 15.5 Å². The lowest BCUT2D eigenvalue weighted by atomic mass is 9.92. The Hall–Kier alpha value is -2.41. The van der Waals surface area contributed by atoms with E-state index in [1.807, 2.05) is 35.2 Å². The Labute approximate surface area is 159 Å². The van der Waals surface area contributed by atoms with Crippen molar-refractivity contribution in [2.24, 2.45) is 5.92 Å². The van der Waals surface area contributed by atoms with Crippen molar-refractivity contribution in [1.29, 1.82) is 0 Å². The van der Waals surface area contributed by atoms with Gasteiger partial charge in [0.15, 0.2) is 6.10 Å². The minimum atomic E-state index is -0.693. The van der Waals surface area contributed by atoms with E-state index in [4.69, 9.17) is 4.74 Å². The van der Waals surface area contributed by atoms with Crippen LogP contribution in [0.15, 0.2) is 30.3 Å². The molecule has 0 saturated carbocycles. The van der Waals surface area contributed by atoms with E-state index in [0.29, 0.717) is 25.6 Å². The minimum absolute atomic E-state index is 0.00828. The summed E-state index contributed by atoms with van der Waals surface area (Å²) in [7, 11) is 0. The van der Waals surface area contributed by atoms with Crippen LogP contribution in [-0.2, 0) is 19.1 Å². The maximum atomic E-state index is 13.0. The van der Waals surface area contributed by atoms with Gasteiger partial charge < -0.3 is 20.3 Å². The normalized spacial score (nSPS) is 23.6. The molecule has 3 amide bonds. The first-order chi connectivity index (χ1) is 13.0.